The number of pyridine rings is 1. The molecule has 80 valence electrons. The second-order valence-corrected chi connectivity index (χ2v) is 3.69. The SMILES string of the molecule is Cn1c(N)nc2c3cccnc3cc(O)c21. The molecule has 1 aromatic carbocycles. The van der Waals surface area contributed by atoms with Crippen LogP contribution in [0.2, 0.25) is 0 Å². The van der Waals surface area contributed by atoms with Crippen LogP contribution in [0.4, 0.5) is 5.95 Å². The molecule has 0 unspecified atom stereocenters. The molecular weight excluding hydrogens is 204 g/mol. The minimum absolute atomic E-state index is 0.146. The van der Waals surface area contributed by atoms with Crippen LogP contribution >= 0.6 is 0 Å². The number of benzene rings is 1. The highest BCUT2D eigenvalue weighted by Crippen LogP contribution is 2.32. The summed E-state index contributed by atoms with van der Waals surface area (Å²) in [6.45, 7) is 0. The third kappa shape index (κ3) is 0.995. The Morgan fingerprint density at radius 3 is 3.06 bits per heavy atom. The molecule has 0 amide bonds. The van der Waals surface area contributed by atoms with E-state index in [2.05, 4.69) is 9.97 Å². The van der Waals surface area contributed by atoms with E-state index < -0.39 is 0 Å². The number of nitrogens with zero attached hydrogens (tertiary/aromatic N) is 3. The molecule has 0 spiro atoms. The van der Waals surface area contributed by atoms with Gasteiger partial charge in [-0.1, -0.05) is 0 Å². The van der Waals surface area contributed by atoms with Gasteiger partial charge in [0.15, 0.2) is 0 Å². The van der Waals surface area contributed by atoms with Crippen LogP contribution in [0.1, 0.15) is 0 Å². The summed E-state index contributed by atoms with van der Waals surface area (Å²) in [7, 11) is 1.77. The van der Waals surface area contributed by atoms with Gasteiger partial charge in [0, 0.05) is 24.7 Å². The number of aromatic hydroxyl groups is 1. The van der Waals surface area contributed by atoms with E-state index in [0.717, 1.165) is 5.39 Å². The minimum atomic E-state index is 0.146. The van der Waals surface area contributed by atoms with Gasteiger partial charge in [-0.05, 0) is 12.1 Å². The van der Waals surface area contributed by atoms with E-state index in [9.17, 15) is 5.11 Å². The van der Waals surface area contributed by atoms with Crippen LogP contribution in [0, 0.1) is 0 Å². The Morgan fingerprint density at radius 2 is 2.25 bits per heavy atom. The lowest BCUT2D eigenvalue weighted by Gasteiger charge is -2.02. The van der Waals surface area contributed by atoms with Gasteiger partial charge in [0.25, 0.3) is 0 Å². The molecule has 0 aliphatic rings. The number of nitrogens with two attached hydrogens (primary N) is 1. The molecule has 16 heavy (non-hydrogen) atoms. The third-order valence-electron chi connectivity index (χ3n) is 2.74. The van der Waals surface area contributed by atoms with E-state index in [-0.39, 0.29) is 5.75 Å². The van der Waals surface area contributed by atoms with Crippen LogP contribution in [0.15, 0.2) is 24.4 Å². The predicted molar refractivity (Wildman–Crippen MR) is 62.1 cm³/mol. The summed E-state index contributed by atoms with van der Waals surface area (Å²) in [5, 5.41) is 10.8. The van der Waals surface area contributed by atoms with E-state index in [1.807, 2.05) is 12.1 Å². The van der Waals surface area contributed by atoms with E-state index in [1.54, 1.807) is 23.9 Å². The number of fused-ring (bicyclic) bond motifs is 3. The Morgan fingerprint density at radius 1 is 1.44 bits per heavy atom. The molecule has 0 aliphatic heterocycles. The number of phenolic OH excluding ortho intramolecular Hbond substituents is 1. The zero-order valence-corrected chi connectivity index (χ0v) is 8.68. The first-order valence-electron chi connectivity index (χ1n) is 4.87. The lowest BCUT2D eigenvalue weighted by atomic mass is 10.1. The zero-order chi connectivity index (χ0) is 11.3. The monoisotopic (exact) mass is 214 g/mol. The van der Waals surface area contributed by atoms with Crippen molar-refractivity contribution in [2.24, 2.45) is 7.05 Å². The van der Waals surface area contributed by atoms with Crippen molar-refractivity contribution in [3.05, 3.63) is 24.4 Å². The number of hydrogen-bond acceptors (Lipinski definition) is 4. The smallest absolute Gasteiger partial charge is 0.201 e. The molecule has 0 aliphatic carbocycles. The van der Waals surface area contributed by atoms with E-state index in [0.29, 0.717) is 22.5 Å². The number of hydrogen-bond donors (Lipinski definition) is 2. The Balaban J connectivity index is 2.65. The molecule has 3 rings (SSSR count). The van der Waals surface area contributed by atoms with Crippen LogP contribution in [-0.4, -0.2) is 19.6 Å². The first kappa shape index (κ1) is 8.96. The van der Waals surface area contributed by atoms with Crippen molar-refractivity contribution in [3.63, 3.8) is 0 Å². The van der Waals surface area contributed by atoms with Crippen molar-refractivity contribution in [1.82, 2.24) is 14.5 Å². The summed E-state index contributed by atoms with van der Waals surface area (Å²) in [4.78, 5) is 8.42. The van der Waals surface area contributed by atoms with E-state index >= 15 is 0 Å². The maximum Gasteiger partial charge on any atom is 0.201 e. The quantitative estimate of drug-likeness (QED) is 0.593. The van der Waals surface area contributed by atoms with Crippen LogP contribution in [0.25, 0.3) is 21.9 Å². The lowest BCUT2D eigenvalue weighted by Crippen LogP contribution is -1.96. The number of aryl methyl sites for hydroxylation is 1. The van der Waals surface area contributed by atoms with E-state index in [4.69, 9.17) is 5.73 Å². The summed E-state index contributed by atoms with van der Waals surface area (Å²) in [5.41, 5.74) is 7.77. The zero-order valence-electron chi connectivity index (χ0n) is 8.68. The summed E-state index contributed by atoms with van der Waals surface area (Å²) in [5.74, 6) is 0.523. The molecule has 3 aromatic rings. The molecule has 5 nitrogen and oxygen atoms in total. The van der Waals surface area contributed by atoms with Gasteiger partial charge in [-0.25, -0.2) is 4.98 Å². The number of imidazole rings is 1. The highest BCUT2D eigenvalue weighted by atomic mass is 16.3. The Hall–Kier alpha value is -2.30. The molecule has 0 saturated heterocycles. The van der Waals surface area contributed by atoms with Crippen molar-refractivity contribution in [2.75, 3.05) is 5.73 Å². The number of nitrogen functional groups attached to an aromatic ring is 1. The fourth-order valence-corrected chi connectivity index (χ4v) is 1.93. The molecule has 0 fully saturated rings. The van der Waals surface area contributed by atoms with Gasteiger partial charge >= 0.3 is 0 Å². The normalized spacial score (nSPS) is 11.3. The molecule has 0 atom stereocenters. The Labute approximate surface area is 91.2 Å². The van der Waals surface area contributed by atoms with E-state index in [1.165, 1.54) is 0 Å². The number of rotatable bonds is 0. The van der Waals surface area contributed by atoms with Crippen molar-refractivity contribution >= 4 is 27.9 Å². The summed E-state index contributed by atoms with van der Waals surface area (Å²) in [6, 6.07) is 5.37. The standard InChI is InChI=1S/C11H10N4O/c1-15-10-8(16)5-7-6(3-2-4-13-7)9(10)14-11(15)12/h2-5,16H,1H3,(H2,12,14). The lowest BCUT2D eigenvalue weighted by molar-refractivity contribution is 0.479. The first-order valence-corrected chi connectivity index (χ1v) is 4.87. The van der Waals surface area contributed by atoms with Gasteiger partial charge in [-0.3, -0.25) is 4.98 Å². The summed E-state index contributed by atoms with van der Waals surface area (Å²) >= 11 is 0. The fourth-order valence-electron chi connectivity index (χ4n) is 1.93. The molecule has 2 heterocycles. The third-order valence-corrected chi connectivity index (χ3v) is 2.74. The first-order chi connectivity index (χ1) is 7.68. The average Bonchev–Trinajstić information content (AvgIpc) is 2.57. The molecule has 0 saturated carbocycles. The highest BCUT2D eigenvalue weighted by Gasteiger charge is 2.13. The van der Waals surface area contributed by atoms with Crippen molar-refractivity contribution in [2.45, 2.75) is 0 Å². The highest BCUT2D eigenvalue weighted by molar-refractivity contribution is 6.06. The second kappa shape index (κ2) is 2.85. The fraction of sp³-hybridized carbons (Fsp3) is 0.0909. The topological polar surface area (TPSA) is 77.0 Å². The predicted octanol–water partition coefficient (Wildman–Crippen LogP) is 1.41. The van der Waals surface area contributed by atoms with Gasteiger partial charge in [0.2, 0.25) is 5.95 Å². The number of anilines is 1. The van der Waals surface area contributed by atoms with Crippen LogP contribution in [0.3, 0.4) is 0 Å². The van der Waals surface area contributed by atoms with Crippen molar-refractivity contribution in [3.8, 4) is 5.75 Å². The second-order valence-electron chi connectivity index (χ2n) is 3.69. The van der Waals surface area contributed by atoms with Crippen LogP contribution in [0.5, 0.6) is 5.75 Å². The van der Waals surface area contributed by atoms with Gasteiger partial charge < -0.3 is 15.4 Å². The van der Waals surface area contributed by atoms with Gasteiger partial charge in [-0.15, -0.1) is 0 Å². The Bertz CT molecular complexity index is 702. The molecule has 0 bridgehead atoms. The van der Waals surface area contributed by atoms with Gasteiger partial charge in [0.05, 0.1) is 5.52 Å². The average molecular weight is 214 g/mol. The van der Waals surface area contributed by atoms with Crippen LogP contribution in [-0.2, 0) is 7.05 Å². The molecule has 3 N–H and O–H groups in total. The summed E-state index contributed by atoms with van der Waals surface area (Å²) < 4.78 is 1.66. The molecule has 2 aromatic heterocycles. The minimum Gasteiger partial charge on any atom is -0.506 e. The van der Waals surface area contributed by atoms with Gasteiger partial charge in [-0.2, -0.15) is 0 Å². The molecular formula is C11H10N4O. The molecule has 0 radical (unpaired) electrons. The van der Waals surface area contributed by atoms with Crippen molar-refractivity contribution in [1.29, 1.82) is 0 Å². The molecule has 5 heteroatoms. The Kier molecular flexibility index (Phi) is 1.60. The number of aromatic nitrogens is 3. The number of phenols is 1. The van der Waals surface area contributed by atoms with Crippen molar-refractivity contribution < 1.29 is 5.11 Å². The van der Waals surface area contributed by atoms with Gasteiger partial charge in [0.1, 0.15) is 16.8 Å². The maximum absolute atomic E-state index is 9.91. The summed E-state index contributed by atoms with van der Waals surface area (Å²) in [6.07, 6.45) is 1.68. The van der Waals surface area contributed by atoms with Crippen LogP contribution < -0.4 is 5.73 Å². The largest absolute Gasteiger partial charge is 0.506 e. The maximum atomic E-state index is 9.91.